The number of fused-ring (bicyclic) bond motifs is 1. The highest BCUT2D eigenvalue weighted by atomic mass is 35.5. The van der Waals surface area contributed by atoms with Crippen molar-refractivity contribution in [1.29, 1.82) is 0 Å². The molecule has 0 bridgehead atoms. The van der Waals surface area contributed by atoms with Gasteiger partial charge in [-0.25, -0.2) is 4.39 Å². The van der Waals surface area contributed by atoms with Crippen molar-refractivity contribution in [1.82, 2.24) is 10.2 Å². The number of rotatable bonds is 3. The smallest absolute Gasteiger partial charge is 0.142 e. The Morgan fingerprint density at radius 1 is 1.26 bits per heavy atom. The summed E-state index contributed by atoms with van der Waals surface area (Å²) in [5, 5.41) is 3.79. The van der Waals surface area contributed by atoms with E-state index in [9.17, 15) is 4.39 Å². The standard InChI is InChI=1S/C15H20ClFN2/c16-12-5-4-11(9-13(12)17)10-18-14-6-8-19-7-2-1-3-15(14)19/h4-5,9,14-15,18H,1-3,6-8,10H2. The van der Waals surface area contributed by atoms with Gasteiger partial charge in [-0.15, -0.1) is 0 Å². The summed E-state index contributed by atoms with van der Waals surface area (Å²) in [6.07, 6.45) is 5.19. The molecule has 104 valence electrons. The van der Waals surface area contributed by atoms with Gasteiger partial charge in [-0.1, -0.05) is 24.1 Å². The second-order valence-corrected chi connectivity index (χ2v) is 6.03. The highest BCUT2D eigenvalue weighted by molar-refractivity contribution is 6.30. The second kappa shape index (κ2) is 5.78. The minimum atomic E-state index is -0.327. The van der Waals surface area contributed by atoms with Gasteiger partial charge in [0.05, 0.1) is 5.02 Å². The van der Waals surface area contributed by atoms with Crippen molar-refractivity contribution in [3.8, 4) is 0 Å². The third-order valence-electron chi connectivity index (χ3n) is 4.41. The zero-order valence-electron chi connectivity index (χ0n) is 11.0. The van der Waals surface area contributed by atoms with E-state index in [1.807, 2.05) is 6.07 Å². The Bertz CT molecular complexity index is 452. The first-order valence-electron chi connectivity index (χ1n) is 7.15. The second-order valence-electron chi connectivity index (χ2n) is 5.62. The van der Waals surface area contributed by atoms with E-state index in [1.54, 1.807) is 6.07 Å². The molecule has 0 aromatic heterocycles. The van der Waals surface area contributed by atoms with Crippen LogP contribution in [-0.4, -0.2) is 30.1 Å². The van der Waals surface area contributed by atoms with Crippen LogP contribution in [0, 0.1) is 5.82 Å². The van der Waals surface area contributed by atoms with Gasteiger partial charge in [-0.3, -0.25) is 4.90 Å². The van der Waals surface area contributed by atoms with Gasteiger partial charge in [-0.2, -0.15) is 0 Å². The van der Waals surface area contributed by atoms with Gasteiger partial charge >= 0.3 is 0 Å². The van der Waals surface area contributed by atoms with Crippen LogP contribution in [0.3, 0.4) is 0 Å². The van der Waals surface area contributed by atoms with E-state index < -0.39 is 0 Å². The summed E-state index contributed by atoms with van der Waals surface area (Å²) in [4.78, 5) is 2.60. The summed E-state index contributed by atoms with van der Waals surface area (Å²) in [6.45, 7) is 3.18. The molecule has 1 aromatic rings. The number of hydrogen-bond acceptors (Lipinski definition) is 2. The first-order chi connectivity index (χ1) is 9.24. The molecule has 2 saturated heterocycles. The zero-order chi connectivity index (χ0) is 13.2. The maximum absolute atomic E-state index is 13.4. The van der Waals surface area contributed by atoms with E-state index in [2.05, 4.69) is 10.2 Å². The molecule has 0 amide bonds. The van der Waals surface area contributed by atoms with E-state index in [1.165, 1.54) is 44.8 Å². The summed E-state index contributed by atoms with van der Waals surface area (Å²) in [5.41, 5.74) is 0.969. The highest BCUT2D eigenvalue weighted by Gasteiger charge is 2.34. The molecule has 0 spiro atoms. The predicted molar refractivity (Wildman–Crippen MR) is 75.9 cm³/mol. The Kier molecular flexibility index (Phi) is 4.06. The van der Waals surface area contributed by atoms with Crippen LogP contribution in [0.15, 0.2) is 18.2 Å². The van der Waals surface area contributed by atoms with Gasteiger partial charge in [-0.05, 0) is 43.5 Å². The summed E-state index contributed by atoms with van der Waals surface area (Å²) >= 11 is 5.70. The molecular formula is C15H20ClFN2. The van der Waals surface area contributed by atoms with Crippen LogP contribution < -0.4 is 5.32 Å². The SMILES string of the molecule is Fc1cc(CNC2CCN3CCCCC23)ccc1Cl. The molecule has 19 heavy (non-hydrogen) atoms. The van der Waals surface area contributed by atoms with Crippen LogP contribution in [0.4, 0.5) is 4.39 Å². The Morgan fingerprint density at radius 2 is 2.16 bits per heavy atom. The number of benzene rings is 1. The number of piperidine rings is 1. The summed E-state index contributed by atoms with van der Waals surface area (Å²) in [6, 6.07) is 6.30. The van der Waals surface area contributed by atoms with Gasteiger partial charge < -0.3 is 5.32 Å². The lowest BCUT2D eigenvalue weighted by atomic mass is 9.99. The van der Waals surface area contributed by atoms with Crippen molar-refractivity contribution in [2.45, 2.75) is 44.3 Å². The van der Waals surface area contributed by atoms with E-state index in [-0.39, 0.29) is 10.8 Å². The first-order valence-corrected chi connectivity index (χ1v) is 7.53. The highest BCUT2D eigenvalue weighted by Crippen LogP contribution is 2.27. The van der Waals surface area contributed by atoms with Gasteiger partial charge in [0.25, 0.3) is 0 Å². The number of nitrogens with zero attached hydrogens (tertiary/aromatic N) is 1. The van der Waals surface area contributed by atoms with Gasteiger partial charge in [0.15, 0.2) is 0 Å². The largest absolute Gasteiger partial charge is 0.308 e. The van der Waals surface area contributed by atoms with E-state index in [4.69, 9.17) is 11.6 Å². The van der Waals surface area contributed by atoms with Crippen molar-refractivity contribution in [3.05, 3.63) is 34.6 Å². The molecule has 2 heterocycles. The van der Waals surface area contributed by atoms with Crippen molar-refractivity contribution in [3.63, 3.8) is 0 Å². The van der Waals surface area contributed by atoms with Gasteiger partial charge in [0.2, 0.25) is 0 Å². The van der Waals surface area contributed by atoms with E-state index in [0.717, 1.165) is 12.1 Å². The average molecular weight is 283 g/mol. The Hall–Kier alpha value is -0.640. The van der Waals surface area contributed by atoms with Crippen LogP contribution in [0.2, 0.25) is 5.02 Å². The number of halogens is 2. The van der Waals surface area contributed by atoms with Gasteiger partial charge in [0.1, 0.15) is 5.82 Å². The van der Waals surface area contributed by atoms with Crippen molar-refractivity contribution < 1.29 is 4.39 Å². The molecular weight excluding hydrogens is 263 g/mol. The molecule has 4 heteroatoms. The lowest BCUT2D eigenvalue weighted by molar-refractivity contribution is 0.180. The molecule has 0 aliphatic carbocycles. The number of hydrogen-bond donors (Lipinski definition) is 1. The lowest BCUT2D eigenvalue weighted by Gasteiger charge is -2.32. The maximum Gasteiger partial charge on any atom is 0.142 e. The molecule has 0 radical (unpaired) electrons. The van der Waals surface area contributed by atoms with Crippen LogP contribution in [-0.2, 0) is 6.54 Å². The van der Waals surface area contributed by atoms with E-state index >= 15 is 0 Å². The van der Waals surface area contributed by atoms with Crippen molar-refractivity contribution >= 4 is 11.6 Å². The third-order valence-corrected chi connectivity index (χ3v) is 4.71. The molecule has 2 atom stereocenters. The molecule has 2 unspecified atom stereocenters. The maximum atomic E-state index is 13.4. The van der Waals surface area contributed by atoms with Crippen LogP contribution in [0.5, 0.6) is 0 Å². The molecule has 3 rings (SSSR count). The van der Waals surface area contributed by atoms with Crippen LogP contribution in [0.25, 0.3) is 0 Å². The molecule has 2 aliphatic rings. The van der Waals surface area contributed by atoms with Crippen molar-refractivity contribution in [2.24, 2.45) is 0 Å². The van der Waals surface area contributed by atoms with E-state index in [0.29, 0.717) is 12.1 Å². The Balaban J connectivity index is 1.58. The first kappa shape index (κ1) is 13.3. The zero-order valence-corrected chi connectivity index (χ0v) is 11.8. The molecule has 1 aromatic carbocycles. The summed E-state index contributed by atoms with van der Waals surface area (Å²) in [7, 11) is 0. The summed E-state index contributed by atoms with van der Waals surface area (Å²) in [5.74, 6) is -0.327. The monoisotopic (exact) mass is 282 g/mol. The average Bonchev–Trinajstić information content (AvgIpc) is 2.83. The Labute approximate surface area is 118 Å². The van der Waals surface area contributed by atoms with Gasteiger partial charge in [0, 0.05) is 25.2 Å². The summed E-state index contributed by atoms with van der Waals surface area (Å²) < 4.78 is 13.4. The normalized spacial score (nSPS) is 27.5. The fourth-order valence-corrected chi connectivity index (χ4v) is 3.50. The van der Waals surface area contributed by atoms with Crippen LogP contribution in [0.1, 0.15) is 31.2 Å². The molecule has 2 fully saturated rings. The predicted octanol–water partition coefficient (Wildman–Crippen LogP) is 3.20. The van der Waals surface area contributed by atoms with Crippen LogP contribution >= 0.6 is 11.6 Å². The molecule has 2 aliphatic heterocycles. The minimum absolute atomic E-state index is 0.197. The molecule has 0 saturated carbocycles. The fraction of sp³-hybridized carbons (Fsp3) is 0.600. The number of nitrogens with one attached hydrogen (secondary N) is 1. The minimum Gasteiger partial charge on any atom is -0.308 e. The van der Waals surface area contributed by atoms with Crippen molar-refractivity contribution in [2.75, 3.05) is 13.1 Å². The molecule has 1 N–H and O–H groups in total. The quantitative estimate of drug-likeness (QED) is 0.916. The third kappa shape index (κ3) is 2.93. The Morgan fingerprint density at radius 3 is 3.00 bits per heavy atom. The molecule has 2 nitrogen and oxygen atoms in total. The fourth-order valence-electron chi connectivity index (χ4n) is 3.38. The lowest BCUT2D eigenvalue weighted by Crippen LogP contribution is -2.44. The topological polar surface area (TPSA) is 15.3 Å².